The molecule has 1 amide bonds. The first-order valence-electron chi connectivity index (χ1n) is 10.3. The Bertz CT molecular complexity index is 837. The fourth-order valence-corrected chi connectivity index (χ4v) is 4.44. The number of thioether (sulfide) groups is 1. The van der Waals surface area contributed by atoms with Gasteiger partial charge in [-0.2, -0.15) is 0 Å². The van der Waals surface area contributed by atoms with Crippen LogP contribution in [0.15, 0.2) is 29.2 Å². The first-order valence-corrected chi connectivity index (χ1v) is 11.5. The van der Waals surface area contributed by atoms with E-state index in [2.05, 4.69) is 6.92 Å². The van der Waals surface area contributed by atoms with Crippen molar-refractivity contribution in [3.63, 3.8) is 0 Å². The zero-order valence-electron chi connectivity index (χ0n) is 17.4. The summed E-state index contributed by atoms with van der Waals surface area (Å²) in [4.78, 5) is 36.2. The van der Waals surface area contributed by atoms with Gasteiger partial charge in [0.25, 0.3) is 5.91 Å². The molecule has 2 rings (SSSR count). The molecule has 1 atom stereocenters. The Morgan fingerprint density at radius 1 is 1.13 bits per heavy atom. The summed E-state index contributed by atoms with van der Waals surface area (Å²) in [6.45, 7) is 2.85. The molecule has 0 saturated carbocycles. The fourth-order valence-electron chi connectivity index (χ4n) is 3.09. The highest BCUT2D eigenvalue weighted by Gasteiger charge is 2.41. The summed E-state index contributed by atoms with van der Waals surface area (Å²) in [5, 5.41) is 18.2. The van der Waals surface area contributed by atoms with Crippen molar-refractivity contribution >= 4 is 52.2 Å². The summed E-state index contributed by atoms with van der Waals surface area (Å²) in [6.07, 6.45) is 8.04. The number of aliphatic carboxylic acids is 2. The van der Waals surface area contributed by atoms with Crippen LogP contribution < -0.4 is 4.74 Å². The Kier molecular flexibility index (Phi) is 10.00. The molecule has 7 nitrogen and oxygen atoms in total. The van der Waals surface area contributed by atoms with Crippen molar-refractivity contribution in [2.45, 2.75) is 57.9 Å². The Morgan fingerprint density at radius 2 is 1.77 bits per heavy atom. The minimum atomic E-state index is -1.53. The third-order valence-corrected chi connectivity index (χ3v) is 6.06. The Balaban J connectivity index is 1.94. The van der Waals surface area contributed by atoms with Gasteiger partial charge in [-0.15, -0.1) is 0 Å². The lowest BCUT2D eigenvalue weighted by molar-refractivity contribution is -0.150. The molecule has 1 heterocycles. The molecule has 1 aliphatic heterocycles. The molecule has 1 unspecified atom stereocenters. The molecule has 0 bridgehead atoms. The standard InChI is InChI=1S/C22H27NO6S2/c1-2-3-4-5-6-7-12-29-16-10-8-15(9-11-16)13-18-20(26)23(22(30)31-18)17(21(27)28)14-19(24)25/h8-11,13,17H,2-7,12,14H2,1H3,(H,24,25)(H,27,28)/b18-13-. The highest BCUT2D eigenvalue weighted by Crippen LogP contribution is 2.34. The average Bonchev–Trinajstić information content (AvgIpc) is 2.99. The second-order valence-electron chi connectivity index (χ2n) is 7.19. The summed E-state index contributed by atoms with van der Waals surface area (Å²) in [5.41, 5.74) is 0.734. The molecular weight excluding hydrogens is 438 g/mol. The monoisotopic (exact) mass is 465 g/mol. The van der Waals surface area contributed by atoms with E-state index in [1.54, 1.807) is 18.2 Å². The number of amides is 1. The molecule has 1 aliphatic rings. The van der Waals surface area contributed by atoms with Gasteiger partial charge in [0.1, 0.15) is 16.1 Å². The topological polar surface area (TPSA) is 104 Å². The summed E-state index contributed by atoms with van der Waals surface area (Å²) < 4.78 is 5.78. The molecule has 0 aromatic heterocycles. The lowest BCUT2D eigenvalue weighted by Gasteiger charge is -2.21. The maximum absolute atomic E-state index is 12.7. The Hall–Kier alpha value is -2.39. The van der Waals surface area contributed by atoms with Crippen molar-refractivity contribution in [1.29, 1.82) is 0 Å². The first kappa shape index (κ1) is 24.9. The number of carbonyl (C=O) groups excluding carboxylic acids is 1. The van der Waals surface area contributed by atoms with Crippen LogP contribution in [0.2, 0.25) is 0 Å². The van der Waals surface area contributed by atoms with Crippen molar-refractivity contribution in [3.8, 4) is 5.75 Å². The smallest absolute Gasteiger partial charge is 0.327 e. The van der Waals surface area contributed by atoms with Gasteiger partial charge in [0.2, 0.25) is 0 Å². The van der Waals surface area contributed by atoms with Gasteiger partial charge < -0.3 is 14.9 Å². The molecule has 0 radical (unpaired) electrons. The maximum Gasteiger partial charge on any atom is 0.327 e. The molecular formula is C22H27NO6S2. The predicted molar refractivity (Wildman–Crippen MR) is 124 cm³/mol. The zero-order valence-corrected chi connectivity index (χ0v) is 19.0. The van der Waals surface area contributed by atoms with Gasteiger partial charge in [-0.3, -0.25) is 14.5 Å². The number of hydrogen-bond acceptors (Lipinski definition) is 6. The van der Waals surface area contributed by atoms with E-state index in [1.807, 2.05) is 12.1 Å². The number of ether oxygens (including phenoxy) is 1. The zero-order chi connectivity index (χ0) is 22.8. The number of carboxylic acids is 2. The van der Waals surface area contributed by atoms with Crippen LogP contribution in [0.25, 0.3) is 6.08 Å². The molecule has 1 fully saturated rings. The Labute approximate surface area is 191 Å². The summed E-state index contributed by atoms with van der Waals surface area (Å²) in [7, 11) is 0. The second-order valence-corrected chi connectivity index (χ2v) is 8.86. The molecule has 1 aromatic rings. The minimum Gasteiger partial charge on any atom is -0.494 e. The van der Waals surface area contributed by atoms with E-state index in [0.29, 0.717) is 6.61 Å². The van der Waals surface area contributed by atoms with E-state index >= 15 is 0 Å². The number of nitrogens with zero attached hydrogens (tertiary/aromatic N) is 1. The van der Waals surface area contributed by atoms with Gasteiger partial charge in [-0.05, 0) is 30.2 Å². The van der Waals surface area contributed by atoms with E-state index in [0.717, 1.165) is 40.8 Å². The fraction of sp³-hybridized carbons (Fsp3) is 0.455. The molecule has 31 heavy (non-hydrogen) atoms. The number of carboxylic acid groups (broad SMARTS) is 2. The van der Waals surface area contributed by atoms with Gasteiger partial charge in [-0.1, -0.05) is 75.1 Å². The van der Waals surface area contributed by atoms with Crippen LogP contribution in [0, 0.1) is 0 Å². The van der Waals surface area contributed by atoms with Crippen molar-refractivity contribution in [1.82, 2.24) is 4.90 Å². The van der Waals surface area contributed by atoms with Crippen LogP contribution >= 0.6 is 24.0 Å². The third kappa shape index (κ3) is 7.66. The lowest BCUT2D eigenvalue weighted by atomic mass is 10.1. The van der Waals surface area contributed by atoms with Gasteiger partial charge in [0, 0.05) is 0 Å². The molecule has 9 heteroatoms. The number of carbonyl (C=O) groups is 3. The van der Waals surface area contributed by atoms with Gasteiger partial charge in [0.05, 0.1) is 17.9 Å². The third-order valence-electron chi connectivity index (χ3n) is 4.73. The van der Waals surface area contributed by atoms with Crippen molar-refractivity contribution in [2.75, 3.05) is 6.61 Å². The number of rotatable bonds is 13. The first-order chi connectivity index (χ1) is 14.8. The highest BCUT2D eigenvalue weighted by atomic mass is 32.2. The minimum absolute atomic E-state index is 0.0313. The molecule has 168 valence electrons. The van der Waals surface area contributed by atoms with Crippen LogP contribution in [-0.4, -0.2) is 49.9 Å². The Morgan fingerprint density at radius 3 is 2.39 bits per heavy atom. The van der Waals surface area contributed by atoms with Crippen LogP contribution in [0.3, 0.4) is 0 Å². The van der Waals surface area contributed by atoms with Crippen LogP contribution in [-0.2, 0) is 14.4 Å². The second kappa shape index (κ2) is 12.5. The van der Waals surface area contributed by atoms with Gasteiger partial charge >= 0.3 is 11.9 Å². The molecule has 1 aromatic carbocycles. The van der Waals surface area contributed by atoms with Gasteiger partial charge in [0.15, 0.2) is 0 Å². The molecule has 1 saturated heterocycles. The average molecular weight is 466 g/mol. The summed E-state index contributed by atoms with van der Waals surface area (Å²) in [6, 6.07) is 5.69. The van der Waals surface area contributed by atoms with Gasteiger partial charge in [-0.25, -0.2) is 4.79 Å². The summed E-state index contributed by atoms with van der Waals surface area (Å²) >= 11 is 6.08. The van der Waals surface area contributed by atoms with E-state index < -0.39 is 30.3 Å². The predicted octanol–water partition coefficient (Wildman–Crippen LogP) is 4.56. The van der Waals surface area contributed by atoms with Crippen LogP contribution in [0.4, 0.5) is 0 Å². The van der Waals surface area contributed by atoms with E-state index in [4.69, 9.17) is 22.1 Å². The number of benzene rings is 1. The van der Waals surface area contributed by atoms with E-state index in [1.165, 1.54) is 25.7 Å². The molecule has 0 aliphatic carbocycles. The quantitative estimate of drug-likeness (QED) is 0.248. The maximum atomic E-state index is 12.7. The van der Waals surface area contributed by atoms with E-state index in [9.17, 15) is 19.5 Å². The normalized spacial score (nSPS) is 16.0. The van der Waals surface area contributed by atoms with Crippen molar-refractivity contribution < 1.29 is 29.3 Å². The van der Waals surface area contributed by atoms with Crippen LogP contribution in [0.1, 0.15) is 57.4 Å². The highest BCUT2D eigenvalue weighted by molar-refractivity contribution is 8.26. The lowest BCUT2D eigenvalue weighted by Crippen LogP contribution is -2.45. The number of hydrogen-bond donors (Lipinski definition) is 2. The summed E-state index contributed by atoms with van der Waals surface area (Å²) in [5.74, 6) is -2.59. The van der Waals surface area contributed by atoms with Crippen molar-refractivity contribution in [3.05, 3.63) is 34.7 Å². The SMILES string of the molecule is CCCCCCCCOc1ccc(/C=C2\SC(=S)N(C(CC(=O)O)C(=O)O)C2=O)cc1. The van der Waals surface area contributed by atoms with E-state index in [-0.39, 0.29) is 9.23 Å². The molecule has 2 N–H and O–H groups in total. The number of thiocarbonyl (C=S) groups is 1. The van der Waals surface area contributed by atoms with Crippen molar-refractivity contribution in [2.24, 2.45) is 0 Å². The largest absolute Gasteiger partial charge is 0.494 e. The molecule has 0 spiro atoms. The number of unbranched alkanes of at least 4 members (excludes halogenated alkanes) is 5. The van der Waals surface area contributed by atoms with Crippen LogP contribution in [0.5, 0.6) is 5.75 Å².